The van der Waals surface area contributed by atoms with Gasteiger partial charge in [0.05, 0.1) is 17.2 Å². The van der Waals surface area contributed by atoms with E-state index in [1.807, 2.05) is 4.72 Å². The molecule has 17 heteroatoms. The number of alkyl halides is 4. The Morgan fingerprint density at radius 2 is 1.81 bits per heavy atom. The maximum Gasteiger partial charge on any atom is 0.410 e. The molecule has 3 heterocycles. The number of likely N-dealkylation sites (tertiary alicyclic amines) is 1. The van der Waals surface area contributed by atoms with Crippen molar-refractivity contribution < 1.29 is 40.2 Å². The Morgan fingerprint density at radius 1 is 1.12 bits per heavy atom. The van der Waals surface area contributed by atoms with Crippen LogP contribution in [-0.2, 0) is 14.8 Å². The van der Waals surface area contributed by atoms with Crippen molar-refractivity contribution in [1.82, 2.24) is 19.9 Å². The van der Waals surface area contributed by atoms with Gasteiger partial charge in [-0.15, -0.1) is 11.3 Å². The zero-order chi connectivity index (χ0) is 31.6. The average molecular weight is 647 g/mol. The molecule has 43 heavy (non-hydrogen) atoms. The lowest BCUT2D eigenvalue weighted by atomic mass is 10.0. The highest BCUT2D eigenvalue weighted by Gasteiger charge is 2.35. The van der Waals surface area contributed by atoms with Gasteiger partial charge >= 0.3 is 12.3 Å². The fraction of sp³-hybridized carbons (Fsp3) is 0.462. The molecular weight excluding hydrogens is 616 g/mol. The maximum absolute atomic E-state index is 14.5. The van der Waals surface area contributed by atoms with Gasteiger partial charge in [0.15, 0.2) is 5.75 Å². The van der Waals surface area contributed by atoms with E-state index in [0.29, 0.717) is 15.6 Å². The minimum Gasteiger partial charge on any atom is -0.444 e. The van der Waals surface area contributed by atoms with Gasteiger partial charge in [0.2, 0.25) is 21.9 Å². The SMILES string of the molecule is Cc1nc(Oc2ccc(NS(=O)(=O)CC(F)(F)F)cc2)c(-c2ccnc(N[C@H]3C[C@H](F)CN(C(=O)OC(C)(C)C)C3)n2)s1. The van der Waals surface area contributed by atoms with Crippen molar-refractivity contribution in [1.29, 1.82) is 0 Å². The molecule has 234 valence electrons. The quantitative estimate of drug-likeness (QED) is 0.293. The molecule has 0 aliphatic carbocycles. The second-order valence-electron chi connectivity index (χ2n) is 10.8. The molecule has 0 spiro atoms. The predicted octanol–water partition coefficient (Wildman–Crippen LogP) is 5.76. The number of sulfonamides is 1. The van der Waals surface area contributed by atoms with E-state index in [0.717, 1.165) is 0 Å². The number of piperidine rings is 1. The second kappa shape index (κ2) is 12.5. The zero-order valence-corrected chi connectivity index (χ0v) is 25.2. The summed E-state index contributed by atoms with van der Waals surface area (Å²) in [5, 5.41) is 3.74. The first-order valence-corrected chi connectivity index (χ1v) is 15.5. The van der Waals surface area contributed by atoms with Crippen molar-refractivity contribution in [2.75, 3.05) is 28.9 Å². The van der Waals surface area contributed by atoms with E-state index < -0.39 is 45.9 Å². The molecule has 1 aromatic carbocycles. The Balaban J connectivity index is 1.46. The molecule has 1 aliphatic heterocycles. The number of amides is 1. The van der Waals surface area contributed by atoms with Crippen molar-refractivity contribution in [2.24, 2.45) is 0 Å². The van der Waals surface area contributed by atoms with Crippen LogP contribution in [0.25, 0.3) is 10.6 Å². The van der Waals surface area contributed by atoms with Crippen LogP contribution in [0, 0.1) is 6.92 Å². The summed E-state index contributed by atoms with van der Waals surface area (Å²) in [6.45, 7) is 7.08. The fourth-order valence-electron chi connectivity index (χ4n) is 4.13. The van der Waals surface area contributed by atoms with Gasteiger partial charge in [-0.2, -0.15) is 13.2 Å². The maximum atomic E-state index is 14.5. The lowest BCUT2D eigenvalue weighted by Crippen LogP contribution is -2.51. The number of ether oxygens (including phenoxy) is 2. The monoisotopic (exact) mass is 646 g/mol. The zero-order valence-electron chi connectivity index (χ0n) is 23.6. The summed E-state index contributed by atoms with van der Waals surface area (Å²) >= 11 is 1.29. The van der Waals surface area contributed by atoms with Crippen LogP contribution in [0.4, 0.5) is 34.0 Å². The van der Waals surface area contributed by atoms with Gasteiger partial charge in [-0.05, 0) is 58.0 Å². The molecule has 1 saturated heterocycles. The molecule has 0 unspecified atom stereocenters. The molecule has 2 N–H and O–H groups in total. The number of benzene rings is 1. The van der Waals surface area contributed by atoms with Crippen LogP contribution in [0.15, 0.2) is 36.5 Å². The van der Waals surface area contributed by atoms with Crippen LogP contribution in [0.1, 0.15) is 32.2 Å². The summed E-state index contributed by atoms with van der Waals surface area (Å²) in [6, 6.07) is 6.44. The number of hydrogen-bond donors (Lipinski definition) is 2. The van der Waals surface area contributed by atoms with E-state index in [1.54, 1.807) is 33.8 Å². The number of nitrogens with zero attached hydrogens (tertiary/aromatic N) is 4. The number of nitrogens with one attached hydrogen (secondary N) is 2. The minimum absolute atomic E-state index is 0.0683. The Labute approximate surface area is 249 Å². The molecule has 3 aromatic rings. The Bertz CT molecular complexity index is 1540. The highest BCUT2D eigenvalue weighted by molar-refractivity contribution is 7.92. The summed E-state index contributed by atoms with van der Waals surface area (Å²) in [5.74, 6) is -1.37. The van der Waals surface area contributed by atoms with Crippen LogP contribution in [0.2, 0.25) is 0 Å². The number of rotatable bonds is 8. The number of aromatic nitrogens is 3. The highest BCUT2D eigenvalue weighted by Crippen LogP contribution is 2.37. The molecule has 0 radical (unpaired) electrons. The number of halogens is 4. The smallest absolute Gasteiger partial charge is 0.410 e. The Morgan fingerprint density at radius 3 is 2.47 bits per heavy atom. The lowest BCUT2D eigenvalue weighted by molar-refractivity contribution is -0.106. The van der Waals surface area contributed by atoms with Crippen LogP contribution in [-0.4, -0.2) is 77.2 Å². The third-order valence-corrected chi connectivity index (χ3v) is 7.90. The third-order valence-electron chi connectivity index (χ3n) is 5.67. The van der Waals surface area contributed by atoms with Crippen LogP contribution in [0.3, 0.4) is 0 Å². The van der Waals surface area contributed by atoms with E-state index in [4.69, 9.17) is 9.47 Å². The van der Waals surface area contributed by atoms with Gasteiger partial charge in [0.1, 0.15) is 22.4 Å². The van der Waals surface area contributed by atoms with Crippen molar-refractivity contribution in [3.8, 4) is 22.2 Å². The Hall–Kier alpha value is -3.73. The molecule has 0 saturated carbocycles. The van der Waals surface area contributed by atoms with Gasteiger partial charge in [0, 0.05) is 30.9 Å². The number of carbonyl (C=O) groups is 1. The number of thiazole rings is 1. The summed E-state index contributed by atoms with van der Waals surface area (Å²) in [4.78, 5) is 27.5. The molecule has 0 bridgehead atoms. The van der Waals surface area contributed by atoms with Crippen LogP contribution in [0.5, 0.6) is 11.6 Å². The van der Waals surface area contributed by atoms with Crippen LogP contribution >= 0.6 is 11.3 Å². The first kappa shape index (κ1) is 32.2. The van der Waals surface area contributed by atoms with E-state index >= 15 is 0 Å². The molecule has 1 fully saturated rings. The normalized spacial score (nSPS) is 17.8. The van der Waals surface area contributed by atoms with Gasteiger partial charge in [-0.25, -0.2) is 32.6 Å². The highest BCUT2D eigenvalue weighted by atomic mass is 32.2. The first-order chi connectivity index (χ1) is 19.9. The number of hydrogen-bond acceptors (Lipinski definition) is 10. The van der Waals surface area contributed by atoms with Gasteiger partial charge < -0.3 is 19.7 Å². The van der Waals surface area contributed by atoms with Crippen LogP contribution < -0.4 is 14.8 Å². The van der Waals surface area contributed by atoms with Crippen molar-refractivity contribution in [3.63, 3.8) is 0 Å². The predicted molar refractivity (Wildman–Crippen MR) is 153 cm³/mol. The first-order valence-electron chi connectivity index (χ1n) is 13.0. The van der Waals surface area contributed by atoms with E-state index in [9.17, 15) is 30.8 Å². The molecule has 4 rings (SSSR count). The van der Waals surface area contributed by atoms with Crippen molar-refractivity contribution in [3.05, 3.63) is 41.5 Å². The summed E-state index contributed by atoms with van der Waals surface area (Å²) in [6.07, 6.45) is -5.10. The van der Waals surface area contributed by atoms with Crippen molar-refractivity contribution >= 4 is 39.1 Å². The van der Waals surface area contributed by atoms with E-state index in [2.05, 4.69) is 20.3 Å². The summed E-state index contributed by atoms with van der Waals surface area (Å²) < 4.78 is 88.6. The number of aryl methyl sites for hydroxylation is 1. The Kier molecular flexibility index (Phi) is 9.34. The topological polar surface area (TPSA) is 136 Å². The van der Waals surface area contributed by atoms with Gasteiger partial charge in [-0.3, -0.25) is 4.72 Å². The molecule has 2 atom stereocenters. The summed E-state index contributed by atoms with van der Waals surface area (Å²) in [7, 11) is -4.63. The molecule has 11 nitrogen and oxygen atoms in total. The molecule has 1 amide bonds. The molecule has 1 aliphatic rings. The number of carbonyl (C=O) groups excluding carboxylic acids is 1. The average Bonchev–Trinajstić information content (AvgIpc) is 3.22. The second-order valence-corrected chi connectivity index (χ2v) is 13.7. The standard InChI is InChI=1S/C26H30F4N6O5S2/c1-15-32-22(40-19-7-5-17(6-8-19)35-43(38,39)14-26(28,29)30)21(42-15)20-9-10-31-23(34-20)33-18-11-16(27)12-36(13-18)24(37)41-25(2,3)4/h5-10,16,18,35H,11-14H2,1-4H3,(H,31,33,34)/t16-,18-/m0/s1. The minimum atomic E-state index is -4.88. The van der Waals surface area contributed by atoms with Gasteiger partial charge in [-0.1, -0.05) is 0 Å². The third kappa shape index (κ3) is 9.64. The van der Waals surface area contributed by atoms with Crippen molar-refractivity contribution in [2.45, 2.75) is 58.1 Å². The largest absolute Gasteiger partial charge is 0.444 e. The van der Waals surface area contributed by atoms with Gasteiger partial charge in [0.25, 0.3) is 0 Å². The molecular formula is C26H30F4N6O5S2. The van der Waals surface area contributed by atoms with E-state index in [-0.39, 0.29) is 42.8 Å². The lowest BCUT2D eigenvalue weighted by Gasteiger charge is -2.36. The van der Waals surface area contributed by atoms with E-state index in [1.165, 1.54) is 46.7 Å². The summed E-state index contributed by atoms with van der Waals surface area (Å²) in [5.41, 5.74) is -0.337. The number of anilines is 2. The molecule has 2 aromatic heterocycles. The fourth-order valence-corrected chi connectivity index (χ4v) is 5.94.